The van der Waals surface area contributed by atoms with Crippen molar-refractivity contribution in [3.05, 3.63) is 84.1 Å². The quantitative estimate of drug-likeness (QED) is 0.488. The average Bonchev–Trinajstić information content (AvgIpc) is 2.75. The monoisotopic (exact) mass is 383 g/mol. The fourth-order valence-corrected chi connectivity index (χ4v) is 3.90. The van der Waals surface area contributed by atoms with E-state index in [-0.39, 0.29) is 5.88 Å². The summed E-state index contributed by atoms with van der Waals surface area (Å²) in [7, 11) is 0. The first-order valence-corrected chi connectivity index (χ1v) is 10.1. The van der Waals surface area contributed by atoms with E-state index in [1.165, 1.54) is 5.56 Å². The molecule has 146 valence electrons. The third-order valence-corrected chi connectivity index (χ3v) is 5.36. The van der Waals surface area contributed by atoms with Crippen molar-refractivity contribution in [3.8, 4) is 28.1 Å². The van der Waals surface area contributed by atoms with Crippen molar-refractivity contribution in [1.29, 1.82) is 0 Å². The first-order valence-electron chi connectivity index (χ1n) is 10.1. The molecule has 1 heterocycles. The second-order valence-electron chi connectivity index (χ2n) is 7.97. The normalized spacial score (nSPS) is 11.3. The summed E-state index contributed by atoms with van der Waals surface area (Å²) in [6, 6.07) is 23.1. The summed E-state index contributed by atoms with van der Waals surface area (Å²) in [4.78, 5) is 3.04. The molecule has 3 nitrogen and oxygen atoms in total. The Labute approximate surface area is 171 Å². The fraction of sp³-hybridized carbons (Fsp3) is 0.192. The molecular formula is C26H27N2O+. The lowest BCUT2D eigenvalue weighted by Gasteiger charge is -2.15. The molecule has 0 radical (unpaired) electrons. The minimum Gasteiger partial charge on any atom is -0.459 e. The molecule has 0 aliphatic carbocycles. The lowest BCUT2D eigenvalue weighted by atomic mass is 9.89. The van der Waals surface area contributed by atoms with E-state index in [2.05, 4.69) is 67.4 Å². The number of nitrogens with two attached hydrogens (primary N) is 1. The van der Waals surface area contributed by atoms with Gasteiger partial charge in [0.2, 0.25) is 0 Å². The molecule has 4 N–H and O–H groups in total. The highest BCUT2D eigenvalue weighted by molar-refractivity contribution is 5.99. The SMILES string of the molecule is CC(C)Cc1c[nH+]c(O)c2cc(-c3ccccc3)c(-c3ccc(CN)cc3)cc12. The average molecular weight is 384 g/mol. The van der Waals surface area contributed by atoms with Crippen LogP contribution in [0.3, 0.4) is 0 Å². The topological polar surface area (TPSA) is 60.4 Å². The molecule has 0 spiro atoms. The number of fused-ring (bicyclic) bond motifs is 1. The van der Waals surface area contributed by atoms with E-state index in [9.17, 15) is 5.11 Å². The lowest BCUT2D eigenvalue weighted by molar-refractivity contribution is -0.392. The third-order valence-electron chi connectivity index (χ3n) is 5.36. The Hall–Kier alpha value is -3.17. The predicted octanol–water partition coefficient (Wildman–Crippen LogP) is 5.35. The molecule has 0 aliphatic heterocycles. The van der Waals surface area contributed by atoms with Gasteiger partial charge in [0.1, 0.15) is 0 Å². The maximum Gasteiger partial charge on any atom is 0.371 e. The van der Waals surface area contributed by atoms with Gasteiger partial charge in [0.25, 0.3) is 0 Å². The van der Waals surface area contributed by atoms with Gasteiger partial charge in [0, 0.05) is 17.5 Å². The van der Waals surface area contributed by atoms with Gasteiger partial charge in [-0.25, -0.2) is 0 Å². The number of benzene rings is 3. The van der Waals surface area contributed by atoms with Crippen molar-refractivity contribution in [2.45, 2.75) is 26.8 Å². The lowest BCUT2D eigenvalue weighted by Crippen LogP contribution is -2.07. The molecule has 0 aliphatic rings. The van der Waals surface area contributed by atoms with Crippen molar-refractivity contribution >= 4 is 10.8 Å². The Kier molecular flexibility index (Phi) is 5.32. The summed E-state index contributed by atoms with van der Waals surface area (Å²) in [5.74, 6) is 0.729. The van der Waals surface area contributed by atoms with Crippen LogP contribution in [0.1, 0.15) is 25.0 Å². The predicted molar refractivity (Wildman–Crippen MR) is 119 cm³/mol. The van der Waals surface area contributed by atoms with Gasteiger partial charge >= 0.3 is 5.88 Å². The summed E-state index contributed by atoms with van der Waals surface area (Å²) in [6.07, 6.45) is 2.88. The van der Waals surface area contributed by atoms with Crippen LogP contribution in [0, 0.1) is 5.92 Å². The Morgan fingerprint density at radius 3 is 2.10 bits per heavy atom. The zero-order valence-corrected chi connectivity index (χ0v) is 16.9. The van der Waals surface area contributed by atoms with Crippen molar-refractivity contribution in [2.75, 3.05) is 0 Å². The minimum absolute atomic E-state index is 0.203. The maximum atomic E-state index is 10.6. The molecule has 0 unspecified atom stereocenters. The number of pyridine rings is 1. The summed E-state index contributed by atoms with van der Waals surface area (Å²) in [6.45, 7) is 4.96. The summed E-state index contributed by atoms with van der Waals surface area (Å²) in [5, 5.41) is 12.5. The van der Waals surface area contributed by atoms with Gasteiger partial charge < -0.3 is 10.8 Å². The molecule has 1 aromatic heterocycles. The zero-order chi connectivity index (χ0) is 20.4. The van der Waals surface area contributed by atoms with E-state index >= 15 is 0 Å². The number of aromatic amines is 1. The van der Waals surface area contributed by atoms with Gasteiger partial charge in [-0.05, 0) is 52.3 Å². The van der Waals surface area contributed by atoms with Crippen molar-refractivity contribution in [1.82, 2.24) is 0 Å². The van der Waals surface area contributed by atoms with Gasteiger partial charge in [-0.2, -0.15) is 4.98 Å². The first-order chi connectivity index (χ1) is 14.1. The minimum atomic E-state index is 0.203. The molecule has 4 rings (SSSR count). The van der Waals surface area contributed by atoms with Crippen LogP contribution in [-0.4, -0.2) is 5.11 Å². The van der Waals surface area contributed by atoms with Crippen molar-refractivity contribution < 1.29 is 10.1 Å². The van der Waals surface area contributed by atoms with Gasteiger partial charge in [0.15, 0.2) is 6.20 Å². The Bertz CT molecular complexity index is 1130. The highest BCUT2D eigenvalue weighted by atomic mass is 16.3. The molecular weight excluding hydrogens is 356 g/mol. The first kappa shape index (κ1) is 19.2. The summed E-state index contributed by atoms with van der Waals surface area (Å²) < 4.78 is 0. The van der Waals surface area contributed by atoms with Crippen LogP contribution in [0.4, 0.5) is 0 Å². The van der Waals surface area contributed by atoms with E-state index in [1.54, 1.807) is 0 Å². The van der Waals surface area contributed by atoms with Gasteiger partial charge in [-0.1, -0.05) is 68.4 Å². The molecule has 0 bridgehead atoms. The number of hydrogen-bond donors (Lipinski definition) is 2. The van der Waals surface area contributed by atoms with Crippen molar-refractivity contribution in [3.63, 3.8) is 0 Å². The summed E-state index contributed by atoms with van der Waals surface area (Å²) >= 11 is 0. The number of hydrogen-bond acceptors (Lipinski definition) is 2. The van der Waals surface area contributed by atoms with Crippen molar-refractivity contribution in [2.24, 2.45) is 11.7 Å². The zero-order valence-electron chi connectivity index (χ0n) is 16.9. The van der Waals surface area contributed by atoms with Crippen LogP contribution in [0.15, 0.2) is 72.9 Å². The van der Waals surface area contributed by atoms with Crippen LogP contribution in [0.2, 0.25) is 0 Å². The van der Waals surface area contributed by atoms with Crippen LogP contribution >= 0.6 is 0 Å². The Balaban J connectivity index is 2.01. The van der Waals surface area contributed by atoms with E-state index in [4.69, 9.17) is 5.73 Å². The molecule has 29 heavy (non-hydrogen) atoms. The largest absolute Gasteiger partial charge is 0.459 e. The molecule has 3 aromatic carbocycles. The second kappa shape index (κ2) is 8.06. The van der Waals surface area contributed by atoms with E-state index in [1.807, 2.05) is 24.4 Å². The number of H-pyrrole nitrogens is 1. The summed E-state index contributed by atoms with van der Waals surface area (Å²) in [5.41, 5.74) is 12.6. The van der Waals surface area contributed by atoms with Crippen LogP contribution in [0.5, 0.6) is 5.88 Å². The fourth-order valence-electron chi connectivity index (χ4n) is 3.90. The standard InChI is InChI=1S/C26H26N2O/c1-17(2)12-21-16-28-26(29)25-14-23(19-6-4-3-5-7-19)22(13-24(21)25)20-10-8-18(15-27)9-11-20/h3-11,13-14,16-17H,12,15,27H2,1-2H3,(H,28,29)/p+1. The molecule has 0 atom stereocenters. The maximum absolute atomic E-state index is 10.6. The van der Waals surface area contributed by atoms with E-state index in [0.717, 1.165) is 45.0 Å². The molecule has 0 fully saturated rings. The van der Waals surface area contributed by atoms with Crippen LogP contribution in [-0.2, 0) is 13.0 Å². The number of aromatic nitrogens is 1. The van der Waals surface area contributed by atoms with Gasteiger partial charge in [-0.3, -0.25) is 0 Å². The van der Waals surface area contributed by atoms with Gasteiger partial charge in [-0.15, -0.1) is 0 Å². The second-order valence-corrected chi connectivity index (χ2v) is 7.97. The molecule has 0 saturated carbocycles. The number of aromatic hydroxyl groups is 1. The molecule has 3 heteroatoms. The molecule has 0 amide bonds. The smallest absolute Gasteiger partial charge is 0.371 e. The molecule has 4 aromatic rings. The number of rotatable bonds is 5. The highest BCUT2D eigenvalue weighted by Crippen LogP contribution is 2.38. The van der Waals surface area contributed by atoms with E-state index in [0.29, 0.717) is 12.5 Å². The Morgan fingerprint density at radius 2 is 1.48 bits per heavy atom. The molecule has 0 saturated heterocycles. The highest BCUT2D eigenvalue weighted by Gasteiger charge is 2.18. The van der Waals surface area contributed by atoms with Gasteiger partial charge in [0.05, 0.1) is 5.39 Å². The van der Waals surface area contributed by atoms with E-state index < -0.39 is 0 Å². The Morgan fingerprint density at radius 1 is 0.862 bits per heavy atom. The van der Waals surface area contributed by atoms with Crippen LogP contribution in [0.25, 0.3) is 33.0 Å². The number of nitrogens with one attached hydrogen (secondary N) is 1. The third kappa shape index (κ3) is 3.87. The van der Waals surface area contributed by atoms with Crippen LogP contribution < -0.4 is 10.7 Å².